The molecule has 1 heterocycles. The summed E-state index contributed by atoms with van der Waals surface area (Å²) < 4.78 is 224. The Labute approximate surface area is 154 Å². The van der Waals surface area contributed by atoms with Crippen LogP contribution in [0.1, 0.15) is 0 Å². The second-order valence-electron chi connectivity index (χ2n) is 7.37. The van der Waals surface area contributed by atoms with E-state index in [1.165, 1.54) is 0 Å². The van der Waals surface area contributed by atoms with E-state index in [0.717, 1.165) is 0 Å². The van der Waals surface area contributed by atoms with Gasteiger partial charge in [-0.2, -0.15) is 52.7 Å². The van der Waals surface area contributed by atoms with Gasteiger partial charge >= 0.3 is 52.5 Å². The Hall–Kier alpha value is -1.13. The molecule has 4 aliphatic carbocycles. The Balaban J connectivity index is 2.21. The fraction of sp³-hybridized carbons (Fsp3) is 1.00. The molecule has 0 N–H and O–H groups in total. The van der Waals surface area contributed by atoms with Crippen molar-refractivity contribution in [2.24, 2.45) is 0 Å². The zero-order valence-corrected chi connectivity index (χ0v) is 13.5. The summed E-state index contributed by atoms with van der Waals surface area (Å²) >= 11 is 0. The molecule has 5 aliphatic rings. The highest BCUT2D eigenvalue weighted by Gasteiger charge is 3.23. The quantitative estimate of drug-likeness (QED) is 0.450. The van der Waals surface area contributed by atoms with E-state index in [1.54, 1.807) is 0 Å². The van der Waals surface area contributed by atoms with Crippen molar-refractivity contribution in [3.05, 3.63) is 0 Å². The molecular weight excluding hydrogens is 473 g/mol. The van der Waals surface area contributed by atoms with E-state index in [4.69, 9.17) is 0 Å². The highest BCUT2D eigenvalue weighted by Crippen LogP contribution is 2.88. The van der Waals surface area contributed by atoms with Crippen LogP contribution in [0.5, 0.6) is 0 Å². The Morgan fingerprint density at radius 2 is 0.800 bits per heavy atom. The lowest BCUT2D eigenvalue weighted by Gasteiger charge is -2.74. The number of hydrogen-bond donors (Lipinski definition) is 0. The van der Waals surface area contributed by atoms with Crippen LogP contribution < -0.4 is 0 Å². The minimum Gasteiger partial charge on any atom is -0.371 e. The van der Waals surface area contributed by atoms with E-state index in [2.05, 4.69) is 9.47 Å². The van der Waals surface area contributed by atoms with Crippen LogP contribution in [-0.4, -0.2) is 77.5 Å². The van der Waals surface area contributed by atoms with Crippen LogP contribution >= 0.6 is 0 Å². The van der Waals surface area contributed by atoms with Crippen molar-refractivity contribution >= 4 is 0 Å². The Kier molecular flexibility index (Phi) is 3.41. The van der Waals surface area contributed by atoms with E-state index < -0.39 is 77.5 Å². The molecule has 0 radical (unpaired) electrons. The molecular formula is C13H5F15O2. The zero-order chi connectivity index (χ0) is 23.4. The average molecular weight is 478 g/mol. The molecule has 0 aromatic heterocycles. The Morgan fingerprint density at radius 1 is 0.533 bits per heavy atom. The number of ether oxygens (including phenoxy) is 2. The largest absolute Gasteiger partial charge is 0.371 e. The fourth-order valence-electron chi connectivity index (χ4n) is 4.46. The van der Waals surface area contributed by atoms with E-state index >= 15 is 0 Å². The summed E-state index contributed by atoms with van der Waals surface area (Å²) in [7, 11) is 0. The molecule has 174 valence electrons. The number of halogens is 15. The second kappa shape index (κ2) is 4.64. The van der Waals surface area contributed by atoms with Crippen LogP contribution in [0.4, 0.5) is 65.9 Å². The molecule has 4 bridgehead atoms. The summed E-state index contributed by atoms with van der Waals surface area (Å²) in [5, 5.41) is 0. The van der Waals surface area contributed by atoms with Gasteiger partial charge in [0.2, 0.25) is 0 Å². The lowest BCUT2D eigenvalue weighted by molar-refractivity contribution is -0.619. The third-order valence-electron chi connectivity index (χ3n) is 6.11. The molecule has 1 aliphatic heterocycles. The molecule has 0 aromatic rings. The van der Waals surface area contributed by atoms with Gasteiger partial charge in [-0.1, -0.05) is 0 Å². The number of epoxide rings is 1. The third-order valence-corrected chi connectivity index (χ3v) is 6.11. The molecule has 5 rings (SSSR count). The molecule has 4 saturated carbocycles. The van der Waals surface area contributed by atoms with Crippen LogP contribution in [0.25, 0.3) is 0 Å². The lowest BCUT2D eigenvalue weighted by atomic mass is 9.40. The second-order valence-corrected chi connectivity index (χ2v) is 7.37. The number of hydrogen-bond acceptors (Lipinski definition) is 2. The van der Waals surface area contributed by atoms with Crippen LogP contribution in [0.15, 0.2) is 0 Å². The topological polar surface area (TPSA) is 21.8 Å². The van der Waals surface area contributed by atoms with Crippen LogP contribution in [-0.2, 0) is 9.47 Å². The predicted octanol–water partition coefficient (Wildman–Crippen LogP) is 4.12. The first-order chi connectivity index (χ1) is 13.1. The number of rotatable bonds is 3. The van der Waals surface area contributed by atoms with Crippen LogP contribution in [0, 0.1) is 0 Å². The van der Waals surface area contributed by atoms with Crippen molar-refractivity contribution in [1.29, 1.82) is 0 Å². The molecule has 17 heteroatoms. The van der Waals surface area contributed by atoms with E-state index in [9.17, 15) is 65.9 Å². The Bertz CT molecular complexity index is 704. The standard InChI is InChI=1S/C13H5F15O2/c14-4-8(17,18)5(15)10(21,22)6(16,9(4,19)20)13(27,28)7(11(4,23)24,12(5,25)26)30-2-3-1-29-3/h3H,1-2H2. The monoisotopic (exact) mass is 478 g/mol. The van der Waals surface area contributed by atoms with Crippen LogP contribution in [0.2, 0.25) is 0 Å². The molecule has 5 fully saturated rings. The number of alkyl halides is 15. The first kappa shape index (κ1) is 22.1. The molecule has 0 aromatic carbocycles. The normalized spacial score (nSPS) is 52.3. The third kappa shape index (κ3) is 1.34. The maximum atomic E-state index is 14.7. The van der Waals surface area contributed by atoms with Crippen molar-refractivity contribution in [3.8, 4) is 0 Å². The Morgan fingerprint density at radius 3 is 1.03 bits per heavy atom. The van der Waals surface area contributed by atoms with E-state index in [1.807, 2.05) is 0 Å². The van der Waals surface area contributed by atoms with Crippen molar-refractivity contribution < 1.29 is 75.3 Å². The maximum absolute atomic E-state index is 14.7. The van der Waals surface area contributed by atoms with Gasteiger partial charge in [-0.15, -0.1) is 0 Å². The van der Waals surface area contributed by atoms with Gasteiger partial charge in [0.15, 0.2) is 0 Å². The SMILES string of the molecule is FC1(F)C2(F)C(F)(F)C3(F)C(F)(F)C1(F)C(F)(F)C(OCC1CO1)(C2(F)F)C3(F)F. The van der Waals surface area contributed by atoms with Gasteiger partial charge in [0.25, 0.3) is 5.60 Å². The molecule has 1 saturated heterocycles. The average Bonchev–Trinajstić information content (AvgIpc) is 3.39. The lowest BCUT2D eigenvalue weighted by Crippen LogP contribution is -3.10. The molecule has 1 unspecified atom stereocenters. The molecule has 1 atom stereocenters. The highest BCUT2D eigenvalue weighted by molar-refractivity contribution is 5.54. The summed E-state index contributed by atoms with van der Waals surface area (Å²) in [6.45, 7) is -2.56. The van der Waals surface area contributed by atoms with Gasteiger partial charge in [-0.25, -0.2) is 13.2 Å². The van der Waals surface area contributed by atoms with Gasteiger partial charge in [-0.05, 0) is 0 Å². The molecule has 0 spiro atoms. The minimum absolute atomic E-state index is 0.608. The first-order valence-electron chi connectivity index (χ1n) is 7.67. The summed E-state index contributed by atoms with van der Waals surface area (Å²) in [6, 6.07) is 0. The smallest absolute Gasteiger partial charge is 0.339 e. The van der Waals surface area contributed by atoms with Gasteiger partial charge in [0.1, 0.15) is 6.10 Å². The van der Waals surface area contributed by atoms with Crippen molar-refractivity contribution in [1.82, 2.24) is 0 Å². The van der Waals surface area contributed by atoms with Gasteiger partial charge in [0, 0.05) is 0 Å². The van der Waals surface area contributed by atoms with Crippen molar-refractivity contribution in [2.75, 3.05) is 13.2 Å². The molecule has 2 nitrogen and oxygen atoms in total. The molecule has 0 amide bonds. The van der Waals surface area contributed by atoms with Crippen molar-refractivity contribution in [2.45, 2.75) is 64.2 Å². The first-order valence-corrected chi connectivity index (χ1v) is 7.67. The highest BCUT2D eigenvalue weighted by atomic mass is 19.3. The molecule has 30 heavy (non-hydrogen) atoms. The summed E-state index contributed by atoms with van der Waals surface area (Å²) in [6.07, 6.45) is -1.65. The predicted molar refractivity (Wildman–Crippen MR) is 59.6 cm³/mol. The van der Waals surface area contributed by atoms with E-state index in [0.29, 0.717) is 0 Å². The summed E-state index contributed by atoms with van der Waals surface area (Å²) in [5.74, 6) is -45.9. The van der Waals surface area contributed by atoms with Crippen LogP contribution in [0.3, 0.4) is 0 Å². The maximum Gasteiger partial charge on any atom is 0.339 e. The minimum atomic E-state index is -7.78. The van der Waals surface area contributed by atoms with Crippen molar-refractivity contribution in [3.63, 3.8) is 0 Å². The van der Waals surface area contributed by atoms with Gasteiger partial charge in [0.05, 0.1) is 13.2 Å². The van der Waals surface area contributed by atoms with Gasteiger partial charge < -0.3 is 9.47 Å². The van der Waals surface area contributed by atoms with E-state index in [-0.39, 0.29) is 0 Å². The zero-order valence-electron chi connectivity index (χ0n) is 13.5. The fourth-order valence-corrected chi connectivity index (χ4v) is 4.46. The van der Waals surface area contributed by atoms with Gasteiger partial charge in [-0.3, -0.25) is 0 Å². The summed E-state index contributed by atoms with van der Waals surface area (Å²) in [4.78, 5) is 0. The summed E-state index contributed by atoms with van der Waals surface area (Å²) in [5.41, 5.74) is -29.6.